The molecule has 1 amide bonds. The molecule has 1 heterocycles. The van der Waals surface area contributed by atoms with Gasteiger partial charge in [0.25, 0.3) is 15.9 Å². The second-order valence-electron chi connectivity index (χ2n) is 4.22. The molecule has 22 heavy (non-hydrogen) atoms. The number of nitrogens with one attached hydrogen (secondary N) is 1. The Morgan fingerprint density at radius 2 is 1.73 bits per heavy atom. The number of ether oxygens (including phenoxy) is 2. The Morgan fingerprint density at radius 3 is 2.18 bits per heavy atom. The third-order valence-corrected chi connectivity index (χ3v) is 5.19. The van der Waals surface area contributed by atoms with Gasteiger partial charge in [-0.2, -0.15) is 0 Å². The Balaban J connectivity index is 2.33. The van der Waals surface area contributed by atoms with E-state index in [-0.39, 0.29) is 15.5 Å². The predicted octanol–water partition coefficient (Wildman–Crippen LogP) is 1.67. The number of sulfonamides is 1. The van der Waals surface area contributed by atoms with E-state index in [2.05, 4.69) is 4.72 Å². The molecule has 0 aliphatic heterocycles. The van der Waals surface area contributed by atoms with Crippen LogP contribution in [-0.2, 0) is 10.0 Å². The molecule has 118 valence electrons. The van der Waals surface area contributed by atoms with Gasteiger partial charge < -0.3 is 15.2 Å². The second-order valence-corrected chi connectivity index (χ2v) is 6.81. The third kappa shape index (κ3) is 3.49. The first-order valence-electron chi connectivity index (χ1n) is 6.00. The van der Waals surface area contributed by atoms with Crippen LogP contribution in [0.15, 0.2) is 34.5 Å². The van der Waals surface area contributed by atoms with Crippen LogP contribution in [0.3, 0.4) is 0 Å². The predicted molar refractivity (Wildman–Crippen MR) is 83.2 cm³/mol. The molecule has 7 nitrogen and oxygen atoms in total. The summed E-state index contributed by atoms with van der Waals surface area (Å²) in [5.74, 6) is 0.217. The zero-order valence-electron chi connectivity index (χ0n) is 11.8. The van der Waals surface area contributed by atoms with E-state index in [9.17, 15) is 13.2 Å². The monoisotopic (exact) mass is 342 g/mol. The maximum atomic E-state index is 12.3. The fourth-order valence-electron chi connectivity index (χ4n) is 1.67. The molecular weight excluding hydrogens is 328 g/mol. The van der Waals surface area contributed by atoms with Crippen LogP contribution >= 0.6 is 11.3 Å². The van der Waals surface area contributed by atoms with Crippen molar-refractivity contribution in [2.45, 2.75) is 4.90 Å². The number of hydrogen-bond donors (Lipinski definition) is 2. The number of carbonyl (C=O) groups excluding carboxylic acids is 1. The van der Waals surface area contributed by atoms with Crippen LogP contribution in [0, 0.1) is 0 Å². The molecule has 0 saturated carbocycles. The van der Waals surface area contributed by atoms with Crippen molar-refractivity contribution in [3.63, 3.8) is 0 Å². The summed E-state index contributed by atoms with van der Waals surface area (Å²) in [6, 6.07) is 5.88. The normalized spacial score (nSPS) is 11.0. The number of anilines is 1. The molecule has 0 bridgehead atoms. The zero-order chi connectivity index (χ0) is 16.3. The van der Waals surface area contributed by atoms with Gasteiger partial charge in [-0.3, -0.25) is 9.52 Å². The molecular formula is C13H14N2O5S2. The largest absolute Gasteiger partial charge is 0.497 e. The number of benzene rings is 1. The van der Waals surface area contributed by atoms with E-state index in [1.165, 1.54) is 37.8 Å². The molecule has 0 saturated heterocycles. The number of primary amides is 1. The second kappa shape index (κ2) is 6.24. The molecule has 0 fully saturated rings. The van der Waals surface area contributed by atoms with Crippen LogP contribution in [0.25, 0.3) is 0 Å². The first-order valence-corrected chi connectivity index (χ1v) is 8.36. The fourth-order valence-corrected chi connectivity index (χ4v) is 3.84. The van der Waals surface area contributed by atoms with Crippen molar-refractivity contribution in [1.29, 1.82) is 0 Å². The topological polar surface area (TPSA) is 108 Å². The van der Waals surface area contributed by atoms with E-state index in [0.29, 0.717) is 11.5 Å². The minimum absolute atomic E-state index is 0.0342. The van der Waals surface area contributed by atoms with Crippen LogP contribution in [0.4, 0.5) is 5.69 Å². The van der Waals surface area contributed by atoms with Gasteiger partial charge in [0.15, 0.2) is 0 Å². The summed E-state index contributed by atoms with van der Waals surface area (Å²) in [6.07, 6.45) is 0. The van der Waals surface area contributed by atoms with Gasteiger partial charge in [-0.25, -0.2) is 8.42 Å². The molecule has 2 rings (SSSR count). The lowest BCUT2D eigenvalue weighted by molar-refractivity contribution is 0.100. The Hall–Kier alpha value is -2.26. The van der Waals surface area contributed by atoms with Crippen molar-refractivity contribution in [3.8, 4) is 11.5 Å². The lowest BCUT2D eigenvalue weighted by Gasteiger charge is -2.10. The summed E-state index contributed by atoms with van der Waals surface area (Å²) >= 11 is 0.967. The van der Waals surface area contributed by atoms with Gasteiger partial charge >= 0.3 is 0 Å². The number of methoxy groups -OCH3 is 2. The number of rotatable bonds is 6. The van der Waals surface area contributed by atoms with Crippen molar-refractivity contribution in [2.75, 3.05) is 18.9 Å². The van der Waals surface area contributed by atoms with Crippen molar-refractivity contribution in [1.82, 2.24) is 0 Å². The minimum Gasteiger partial charge on any atom is -0.497 e. The lowest BCUT2D eigenvalue weighted by Crippen LogP contribution is -2.13. The molecule has 0 atom stereocenters. The summed E-state index contributed by atoms with van der Waals surface area (Å²) in [5, 5.41) is 1.35. The summed E-state index contributed by atoms with van der Waals surface area (Å²) < 4.78 is 37.2. The van der Waals surface area contributed by atoms with Gasteiger partial charge in [0.05, 0.1) is 29.7 Å². The average molecular weight is 342 g/mol. The van der Waals surface area contributed by atoms with Gasteiger partial charge in [0.2, 0.25) is 0 Å². The van der Waals surface area contributed by atoms with E-state index < -0.39 is 15.9 Å². The summed E-state index contributed by atoms with van der Waals surface area (Å²) in [7, 11) is -0.908. The van der Waals surface area contributed by atoms with E-state index in [4.69, 9.17) is 15.2 Å². The lowest BCUT2D eigenvalue weighted by atomic mass is 10.3. The van der Waals surface area contributed by atoms with Crippen LogP contribution in [0.5, 0.6) is 11.5 Å². The fraction of sp³-hybridized carbons (Fsp3) is 0.154. The smallest absolute Gasteiger partial charge is 0.262 e. The molecule has 1 aromatic heterocycles. The van der Waals surface area contributed by atoms with Crippen LogP contribution < -0.4 is 19.9 Å². The Kier molecular flexibility index (Phi) is 4.57. The van der Waals surface area contributed by atoms with E-state index >= 15 is 0 Å². The van der Waals surface area contributed by atoms with Gasteiger partial charge in [0.1, 0.15) is 11.5 Å². The quantitative estimate of drug-likeness (QED) is 0.830. The number of nitrogens with two attached hydrogens (primary N) is 1. The number of carbonyl (C=O) groups is 1. The molecule has 3 N–H and O–H groups in total. The number of amides is 1. The minimum atomic E-state index is -3.83. The third-order valence-electron chi connectivity index (χ3n) is 2.73. The number of thiophene rings is 1. The highest BCUT2D eigenvalue weighted by Gasteiger charge is 2.18. The molecule has 0 aliphatic rings. The van der Waals surface area contributed by atoms with Crippen molar-refractivity contribution >= 4 is 33.0 Å². The van der Waals surface area contributed by atoms with Gasteiger partial charge in [0, 0.05) is 23.6 Å². The summed E-state index contributed by atoms with van der Waals surface area (Å²) in [4.78, 5) is 11.2. The first-order chi connectivity index (χ1) is 10.4. The van der Waals surface area contributed by atoms with Crippen LogP contribution in [0.2, 0.25) is 0 Å². The Morgan fingerprint density at radius 1 is 1.14 bits per heavy atom. The van der Waals surface area contributed by atoms with Gasteiger partial charge in [-0.05, 0) is 6.07 Å². The molecule has 2 aromatic rings. The molecule has 0 radical (unpaired) electrons. The maximum Gasteiger partial charge on any atom is 0.262 e. The van der Waals surface area contributed by atoms with Crippen molar-refractivity contribution in [3.05, 3.63) is 34.5 Å². The Bertz CT molecular complexity index is 776. The zero-order valence-corrected chi connectivity index (χ0v) is 13.5. The first kappa shape index (κ1) is 16.1. The highest BCUT2D eigenvalue weighted by atomic mass is 32.2. The van der Waals surface area contributed by atoms with Crippen molar-refractivity contribution in [2.24, 2.45) is 5.73 Å². The highest BCUT2D eigenvalue weighted by Crippen LogP contribution is 2.28. The van der Waals surface area contributed by atoms with E-state index in [0.717, 1.165) is 11.3 Å². The standard InChI is InChI=1S/C13H14N2O5S2/c1-19-9-3-8(4-10(5-9)20-2)15-22(17,18)11-6-12(13(14)16)21-7-11/h3-7,15H,1-2H3,(H2,14,16). The molecule has 0 spiro atoms. The van der Waals surface area contributed by atoms with Gasteiger partial charge in [-0.15, -0.1) is 11.3 Å². The van der Waals surface area contributed by atoms with Crippen LogP contribution in [0.1, 0.15) is 9.67 Å². The highest BCUT2D eigenvalue weighted by molar-refractivity contribution is 7.92. The van der Waals surface area contributed by atoms with E-state index in [1.54, 1.807) is 6.07 Å². The molecule has 0 unspecified atom stereocenters. The SMILES string of the molecule is COc1cc(NS(=O)(=O)c2csc(C(N)=O)c2)cc(OC)c1. The van der Waals surface area contributed by atoms with Crippen LogP contribution in [-0.4, -0.2) is 28.5 Å². The molecule has 1 aromatic carbocycles. The summed E-state index contributed by atoms with van der Waals surface area (Å²) in [5.41, 5.74) is 5.40. The Labute approximate surface area is 131 Å². The van der Waals surface area contributed by atoms with E-state index in [1.807, 2.05) is 0 Å². The number of hydrogen-bond acceptors (Lipinski definition) is 6. The maximum absolute atomic E-state index is 12.3. The summed E-state index contributed by atoms with van der Waals surface area (Å²) in [6.45, 7) is 0. The molecule has 0 aliphatic carbocycles. The van der Waals surface area contributed by atoms with Gasteiger partial charge in [-0.1, -0.05) is 0 Å². The molecule has 9 heteroatoms. The van der Waals surface area contributed by atoms with Crippen molar-refractivity contribution < 1.29 is 22.7 Å². The average Bonchev–Trinajstić information content (AvgIpc) is 2.97.